The van der Waals surface area contributed by atoms with Crippen LogP contribution in [0.15, 0.2) is 47.1 Å². The monoisotopic (exact) mass is 382 g/mol. The van der Waals surface area contributed by atoms with E-state index in [4.69, 9.17) is 9.15 Å². The molecule has 0 saturated heterocycles. The van der Waals surface area contributed by atoms with E-state index in [1.165, 1.54) is 17.6 Å². The van der Waals surface area contributed by atoms with Crippen LogP contribution in [0.3, 0.4) is 0 Å². The van der Waals surface area contributed by atoms with Gasteiger partial charge in [-0.2, -0.15) is 0 Å². The topological polar surface area (TPSA) is 80.6 Å². The Balaban J connectivity index is 1.60. The van der Waals surface area contributed by atoms with Gasteiger partial charge >= 0.3 is 0 Å². The third-order valence-electron chi connectivity index (χ3n) is 4.47. The van der Waals surface area contributed by atoms with Crippen molar-refractivity contribution >= 4 is 33.8 Å². The standard InChI is InChI=1S/C20H18N2O4S/c1-25-13-9-7-12(8-10-13)21-19(24)17-14-4-2-6-16(14)27-20(17)22-18(23)15-5-3-11-26-15/h3,5,7-11H,2,4,6H2,1H3,(H,21,24)(H,22,23). The van der Waals surface area contributed by atoms with Crippen molar-refractivity contribution in [1.82, 2.24) is 0 Å². The van der Waals surface area contributed by atoms with Gasteiger partial charge < -0.3 is 19.8 Å². The summed E-state index contributed by atoms with van der Waals surface area (Å²) >= 11 is 1.46. The lowest BCUT2D eigenvalue weighted by Crippen LogP contribution is -2.17. The van der Waals surface area contributed by atoms with E-state index in [1.54, 1.807) is 43.5 Å². The first-order valence-corrected chi connectivity index (χ1v) is 9.42. The predicted molar refractivity (Wildman–Crippen MR) is 104 cm³/mol. The fourth-order valence-electron chi connectivity index (χ4n) is 3.17. The minimum absolute atomic E-state index is 0.213. The van der Waals surface area contributed by atoms with Crippen molar-refractivity contribution in [1.29, 1.82) is 0 Å². The molecule has 2 aromatic heterocycles. The van der Waals surface area contributed by atoms with Gasteiger partial charge in [-0.3, -0.25) is 9.59 Å². The van der Waals surface area contributed by atoms with Crippen molar-refractivity contribution in [3.8, 4) is 5.75 Å². The number of hydrogen-bond donors (Lipinski definition) is 2. The SMILES string of the molecule is COc1ccc(NC(=O)c2c(NC(=O)c3ccco3)sc3c2CCC3)cc1. The average Bonchev–Trinajstić information content (AvgIpc) is 3.39. The van der Waals surface area contributed by atoms with Gasteiger partial charge in [0.2, 0.25) is 0 Å². The molecule has 0 aliphatic heterocycles. The Kier molecular flexibility index (Phi) is 4.68. The Bertz CT molecular complexity index is 974. The molecule has 6 nitrogen and oxygen atoms in total. The summed E-state index contributed by atoms with van der Waals surface area (Å²) in [5.74, 6) is 0.341. The minimum Gasteiger partial charge on any atom is -0.497 e. The lowest BCUT2D eigenvalue weighted by molar-refractivity contribution is 0.0997. The van der Waals surface area contributed by atoms with E-state index in [0.717, 1.165) is 35.5 Å². The molecule has 7 heteroatoms. The minimum atomic E-state index is -0.363. The second-order valence-corrected chi connectivity index (χ2v) is 7.28. The molecule has 2 heterocycles. The third kappa shape index (κ3) is 3.46. The van der Waals surface area contributed by atoms with Crippen LogP contribution in [0.4, 0.5) is 10.7 Å². The quantitative estimate of drug-likeness (QED) is 0.688. The molecule has 0 radical (unpaired) electrons. The number of carbonyl (C=O) groups is 2. The van der Waals surface area contributed by atoms with Crippen LogP contribution in [0.5, 0.6) is 5.75 Å². The van der Waals surface area contributed by atoms with Gasteiger partial charge in [0.25, 0.3) is 11.8 Å². The number of carbonyl (C=O) groups excluding carboxylic acids is 2. The maximum atomic E-state index is 13.0. The van der Waals surface area contributed by atoms with Crippen LogP contribution in [-0.2, 0) is 12.8 Å². The van der Waals surface area contributed by atoms with Crippen molar-refractivity contribution in [2.45, 2.75) is 19.3 Å². The second kappa shape index (κ2) is 7.28. The molecule has 0 spiro atoms. The molecule has 1 aliphatic carbocycles. The molecule has 3 aromatic rings. The highest BCUT2D eigenvalue weighted by Gasteiger charge is 2.28. The fraction of sp³-hybridized carbons (Fsp3) is 0.200. The van der Waals surface area contributed by atoms with Crippen LogP contribution in [0.2, 0.25) is 0 Å². The molecule has 0 unspecified atom stereocenters. The first-order chi connectivity index (χ1) is 13.2. The predicted octanol–water partition coefficient (Wildman–Crippen LogP) is 4.34. The molecule has 27 heavy (non-hydrogen) atoms. The van der Waals surface area contributed by atoms with Gasteiger partial charge in [-0.15, -0.1) is 11.3 Å². The number of anilines is 2. The molecular weight excluding hydrogens is 364 g/mol. The number of methoxy groups -OCH3 is 1. The number of benzene rings is 1. The zero-order chi connectivity index (χ0) is 18.8. The van der Waals surface area contributed by atoms with Crippen LogP contribution in [0, 0.1) is 0 Å². The van der Waals surface area contributed by atoms with Gasteiger partial charge in [0.1, 0.15) is 10.8 Å². The Morgan fingerprint density at radius 1 is 1.07 bits per heavy atom. The average molecular weight is 382 g/mol. The van der Waals surface area contributed by atoms with Crippen molar-refractivity contribution in [3.05, 3.63) is 64.4 Å². The van der Waals surface area contributed by atoms with Crippen molar-refractivity contribution in [2.75, 3.05) is 17.7 Å². The number of thiophene rings is 1. The Hall–Kier alpha value is -3.06. The van der Waals surface area contributed by atoms with Gasteiger partial charge in [0, 0.05) is 10.6 Å². The van der Waals surface area contributed by atoms with E-state index >= 15 is 0 Å². The fourth-order valence-corrected chi connectivity index (χ4v) is 4.45. The van der Waals surface area contributed by atoms with E-state index in [1.807, 2.05) is 0 Å². The molecule has 4 rings (SSSR count). The summed E-state index contributed by atoms with van der Waals surface area (Å²) in [5, 5.41) is 6.31. The second-order valence-electron chi connectivity index (χ2n) is 6.18. The number of amides is 2. The van der Waals surface area contributed by atoms with E-state index in [9.17, 15) is 9.59 Å². The molecule has 0 fully saturated rings. The van der Waals surface area contributed by atoms with Crippen LogP contribution < -0.4 is 15.4 Å². The first-order valence-electron chi connectivity index (χ1n) is 8.60. The van der Waals surface area contributed by atoms with Crippen molar-refractivity contribution in [3.63, 3.8) is 0 Å². The molecule has 1 aliphatic rings. The van der Waals surface area contributed by atoms with Crippen LogP contribution in [-0.4, -0.2) is 18.9 Å². The van der Waals surface area contributed by atoms with E-state index in [2.05, 4.69) is 10.6 Å². The lowest BCUT2D eigenvalue weighted by Gasteiger charge is -2.09. The molecule has 0 atom stereocenters. The summed E-state index contributed by atoms with van der Waals surface area (Å²) in [6.45, 7) is 0. The number of fused-ring (bicyclic) bond motifs is 1. The zero-order valence-electron chi connectivity index (χ0n) is 14.7. The van der Waals surface area contributed by atoms with E-state index < -0.39 is 0 Å². The summed E-state index contributed by atoms with van der Waals surface area (Å²) in [7, 11) is 1.59. The van der Waals surface area contributed by atoms with Gasteiger partial charge in [-0.05, 0) is 61.2 Å². The Morgan fingerprint density at radius 3 is 2.59 bits per heavy atom. The van der Waals surface area contributed by atoms with Crippen molar-refractivity contribution < 1.29 is 18.7 Å². The lowest BCUT2D eigenvalue weighted by atomic mass is 10.1. The molecular formula is C20H18N2O4S. The molecule has 0 saturated carbocycles. The number of hydrogen-bond acceptors (Lipinski definition) is 5. The first kappa shape index (κ1) is 17.4. The van der Waals surface area contributed by atoms with Crippen molar-refractivity contribution in [2.24, 2.45) is 0 Å². The van der Waals surface area contributed by atoms with E-state index in [0.29, 0.717) is 16.3 Å². The maximum Gasteiger partial charge on any atom is 0.291 e. The highest BCUT2D eigenvalue weighted by molar-refractivity contribution is 7.17. The molecule has 138 valence electrons. The van der Waals surface area contributed by atoms with E-state index in [-0.39, 0.29) is 17.6 Å². The summed E-state index contributed by atoms with van der Waals surface area (Å²) in [6.07, 6.45) is 4.24. The van der Waals surface area contributed by atoms with Gasteiger partial charge in [-0.1, -0.05) is 0 Å². The Morgan fingerprint density at radius 2 is 1.89 bits per heavy atom. The highest BCUT2D eigenvalue weighted by atomic mass is 32.1. The Labute approximate surface area is 160 Å². The number of aryl methyl sites for hydroxylation is 1. The van der Waals surface area contributed by atoms with Gasteiger partial charge in [0.15, 0.2) is 5.76 Å². The number of nitrogens with one attached hydrogen (secondary N) is 2. The number of rotatable bonds is 5. The summed E-state index contributed by atoms with van der Waals surface area (Å²) < 4.78 is 10.3. The number of ether oxygens (including phenoxy) is 1. The highest BCUT2D eigenvalue weighted by Crippen LogP contribution is 2.39. The smallest absolute Gasteiger partial charge is 0.291 e. The number of furan rings is 1. The summed E-state index contributed by atoms with van der Waals surface area (Å²) in [5.41, 5.74) is 2.24. The van der Waals surface area contributed by atoms with Crippen LogP contribution >= 0.6 is 11.3 Å². The zero-order valence-corrected chi connectivity index (χ0v) is 15.5. The van der Waals surface area contributed by atoms with Gasteiger partial charge in [0.05, 0.1) is 18.9 Å². The summed E-state index contributed by atoms with van der Waals surface area (Å²) in [4.78, 5) is 26.5. The van der Waals surface area contributed by atoms with Crippen LogP contribution in [0.1, 0.15) is 37.8 Å². The molecule has 1 aromatic carbocycles. The van der Waals surface area contributed by atoms with Gasteiger partial charge in [-0.25, -0.2) is 0 Å². The largest absolute Gasteiger partial charge is 0.497 e. The molecule has 2 N–H and O–H groups in total. The third-order valence-corrected chi connectivity index (χ3v) is 5.68. The maximum absolute atomic E-state index is 13.0. The molecule has 2 amide bonds. The molecule has 0 bridgehead atoms. The normalized spacial score (nSPS) is 12.5. The van der Waals surface area contributed by atoms with Crippen LogP contribution in [0.25, 0.3) is 0 Å². The summed E-state index contributed by atoms with van der Waals surface area (Å²) in [6, 6.07) is 10.4.